The fourth-order valence-electron chi connectivity index (χ4n) is 3.69. The van der Waals surface area contributed by atoms with Crippen LogP contribution in [0.15, 0.2) is 47.1 Å². The number of nitrogens with one attached hydrogen (secondary N) is 2. The molecule has 3 rings (SSSR count). The van der Waals surface area contributed by atoms with E-state index in [0.717, 1.165) is 6.42 Å². The zero-order valence-corrected chi connectivity index (χ0v) is 17.8. The molecular weight excluding hydrogens is 401 g/mol. The number of benzene rings is 1. The van der Waals surface area contributed by atoms with Gasteiger partial charge in [-0.25, -0.2) is 4.39 Å². The van der Waals surface area contributed by atoms with Crippen molar-refractivity contribution in [2.45, 2.75) is 45.2 Å². The summed E-state index contributed by atoms with van der Waals surface area (Å²) >= 11 is 0. The fourth-order valence-corrected chi connectivity index (χ4v) is 3.69. The van der Waals surface area contributed by atoms with Gasteiger partial charge in [0.2, 0.25) is 5.91 Å². The van der Waals surface area contributed by atoms with E-state index in [-0.39, 0.29) is 35.1 Å². The average Bonchev–Trinajstić information content (AvgIpc) is 3.32. The summed E-state index contributed by atoms with van der Waals surface area (Å²) in [5, 5.41) is 5.64. The Morgan fingerprint density at radius 1 is 1.13 bits per heavy atom. The summed E-state index contributed by atoms with van der Waals surface area (Å²) in [5.41, 5.74) is -0.103. The predicted molar refractivity (Wildman–Crippen MR) is 113 cm³/mol. The van der Waals surface area contributed by atoms with Gasteiger partial charge in [-0.1, -0.05) is 19.1 Å². The first-order valence-corrected chi connectivity index (χ1v) is 10.6. The molecule has 0 radical (unpaired) electrons. The van der Waals surface area contributed by atoms with Crippen LogP contribution in [0.25, 0.3) is 0 Å². The maximum absolute atomic E-state index is 14.1. The molecule has 7 nitrogen and oxygen atoms in total. The molecule has 0 bridgehead atoms. The number of rotatable bonds is 7. The van der Waals surface area contributed by atoms with E-state index in [1.54, 1.807) is 23.1 Å². The summed E-state index contributed by atoms with van der Waals surface area (Å²) in [6.07, 6.45) is 3.26. The van der Waals surface area contributed by atoms with E-state index in [4.69, 9.17) is 4.42 Å². The van der Waals surface area contributed by atoms with Gasteiger partial charge in [0.25, 0.3) is 11.8 Å². The summed E-state index contributed by atoms with van der Waals surface area (Å²) in [6, 6.07) is 8.08. The molecule has 1 fully saturated rings. The van der Waals surface area contributed by atoms with E-state index in [1.807, 2.05) is 13.8 Å². The van der Waals surface area contributed by atoms with Crippen LogP contribution < -0.4 is 10.6 Å². The highest BCUT2D eigenvalue weighted by molar-refractivity contribution is 5.98. The lowest BCUT2D eigenvalue weighted by Gasteiger charge is -2.35. The Hall–Kier alpha value is -3.16. The Balaban J connectivity index is 1.71. The molecule has 2 atom stereocenters. The number of carbonyl (C=O) groups is 3. The topological polar surface area (TPSA) is 91.7 Å². The van der Waals surface area contributed by atoms with Crippen molar-refractivity contribution in [3.8, 4) is 0 Å². The number of furan rings is 1. The molecule has 1 aliphatic heterocycles. The van der Waals surface area contributed by atoms with E-state index in [1.165, 1.54) is 24.5 Å². The van der Waals surface area contributed by atoms with Gasteiger partial charge in [-0.15, -0.1) is 0 Å². The van der Waals surface area contributed by atoms with Crippen LogP contribution in [0, 0.1) is 11.7 Å². The third-order valence-electron chi connectivity index (χ3n) is 5.72. The maximum atomic E-state index is 14.1. The van der Waals surface area contributed by atoms with E-state index >= 15 is 0 Å². The van der Waals surface area contributed by atoms with Crippen LogP contribution in [0.1, 0.15) is 54.0 Å². The van der Waals surface area contributed by atoms with Gasteiger partial charge in [-0.2, -0.15) is 0 Å². The van der Waals surface area contributed by atoms with Gasteiger partial charge in [-0.3, -0.25) is 14.4 Å². The second-order valence-electron chi connectivity index (χ2n) is 7.86. The summed E-state index contributed by atoms with van der Waals surface area (Å²) in [4.78, 5) is 39.8. The number of likely N-dealkylation sites (tertiary alicyclic amines) is 1. The largest absolute Gasteiger partial charge is 0.459 e. The predicted octanol–water partition coefficient (Wildman–Crippen LogP) is 2.98. The number of hydrogen-bond donors (Lipinski definition) is 2. The first kappa shape index (κ1) is 22.5. The molecule has 0 aliphatic carbocycles. The van der Waals surface area contributed by atoms with Gasteiger partial charge in [-0.05, 0) is 56.4 Å². The second-order valence-corrected chi connectivity index (χ2v) is 7.86. The van der Waals surface area contributed by atoms with Crippen LogP contribution in [0.2, 0.25) is 0 Å². The molecule has 0 saturated carbocycles. The van der Waals surface area contributed by atoms with Crippen molar-refractivity contribution in [2.75, 3.05) is 13.1 Å². The second kappa shape index (κ2) is 10.2. The molecule has 1 aromatic heterocycles. The smallest absolute Gasteiger partial charge is 0.289 e. The van der Waals surface area contributed by atoms with E-state index < -0.39 is 17.8 Å². The van der Waals surface area contributed by atoms with Crippen LogP contribution in [0.4, 0.5) is 4.39 Å². The molecule has 31 heavy (non-hydrogen) atoms. The Kier molecular flexibility index (Phi) is 7.44. The molecule has 1 saturated heterocycles. The number of nitrogens with zero attached hydrogens (tertiary/aromatic N) is 1. The first-order chi connectivity index (χ1) is 14.9. The Labute approximate surface area is 181 Å². The molecular formula is C23H28FN3O4. The summed E-state index contributed by atoms with van der Waals surface area (Å²) < 4.78 is 19.2. The highest BCUT2D eigenvalue weighted by Crippen LogP contribution is 2.23. The van der Waals surface area contributed by atoms with Crippen molar-refractivity contribution >= 4 is 17.7 Å². The average molecular weight is 429 g/mol. The molecule has 3 amide bonds. The first-order valence-electron chi connectivity index (χ1n) is 10.6. The maximum Gasteiger partial charge on any atom is 0.289 e. The summed E-state index contributed by atoms with van der Waals surface area (Å²) in [7, 11) is 0. The van der Waals surface area contributed by atoms with Crippen LogP contribution in [0.5, 0.6) is 0 Å². The summed E-state index contributed by atoms with van der Waals surface area (Å²) in [5.74, 6) is -1.66. The molecule has 2 heterocycles. The van der Waals surface area contributed by atoms with Crippen molar-refractivity contribution in [3.63, 3.8) is 0 Å². The van der Waals surface area contributed by atoms with Crippen molar-refractivity contribution < 1.29 is 23.2 Å². The van der Waals surface area contributed by atoms with E-state index in [2.05, 4.69) is 10.6 Å². The van der Waals surface area contributed by atoms with Gasteiger partial charge in [0, 0.05) is 19.1 Å². The molecule has 0 spiro atoms. The van der Waals surface area contributed by atoms with Gasteiger partial charge in [0.15, 0.2) is 5.76 Å². The van der Waals surface area contributed by atoms with Crippen LogP contribution in [-0.4, -0.2) is 47.8 Å². The van der Waals surface area contributed by atoms with Crippen molar-refractivity contribution in [3.05, 3.63) is 59.8 Å². The standard InChI is InChI=1S/C23H28FN3O4/c1-3-15(2)25-22(29)20(26-21(28)17-7-4-5-8-18(17)24)16-10-12-27(13-11-16)23(30)19-9-6-14-31-19/h4-9,14-16,20H,3,10-13H2,1-2H3,(H,25,29)(H,26,28)/t15-,20+/m0/s1. The lowest BCUT2D eigenvalue weighted by atomic mass is 9.88. The Morgan fingerprint density at radius 3 is 2.45 bits per heavy atom. The third-order valence-corrected chi connectivity index (χ3v) is 5.72. The molecule has 1 aliphatic rings. The van der Waals surface area contributed by atoms with E-state index in [0.29, 0.717) is 25.9 Å². The van der Waals surface area contributed by atoms with Gasteiger partial charge >= 0.3 is 0 Å². The minimum Gasteiger partial charge on any atom is -0.459 e. The number of carbonyl (C=O) groups excluding carboxylic acids is 3. The fraction of sp³-hybridized carbons (Fsp3) is 0.435. The van der Waals surface area contributed by atoms with Gasteiger partial charge in [0.05, 0.1) is 11.8 Å². The monoisotopic (exact) mass is 429 g/mol. The number of hydrogen-bond acceptors (Lipinski definition) is 4. The minimum absolute atomic E-state index is 0.0546. The van der Waals surface area contributed by atoms with Crippen LogP contribution in [-0.2, 0) is 4.79 Å². The molecule has 166 valence electrons. The summed E-state index contributed by atoms with van der Waals surface area (Å²) in [6.45, 7) is 4.72. The number of piperidine rings is 1. The highest BCUT2D eigenvalue weighted by Gasteiger charge is 2.35. The van der Waals surface area contributed by atoms with Gasteiger partial charge in [0.1, 0.15) is 11.9 Å². The lowest BCUT2D eigenvalue weighted by molar-refractivity contribution is -0.125. The third kappa shape index (κ3) is 5.51. The van der Waals surface area contributed by atoms with Crippen molar-refractivity contribution in [1.82, 2.24) is 15.5 Å². The molecule has 0 unspecified atom stereocenters. The highest BCUT2D eigenvalue weighted by atomic mass is 19.1. The molecule has 1 aromatic carbocycles. The van der Waals surface area contributed by atoms with Crippen molar-refractivity contribution in [1.29, 1.82) is 0 Å². The lowest BCUT2D eigenvalue weighted by Crippen LogP contribution is -2.55. The zero-order valence-electron chi connectivity index (χ0n) is 17.8. The zero-order chi connectivity index (χ0) is 22.4. The molecule has 2 N–H and O–H groups in total. The molecule has 8 heteroatoms. The normalized spacial score (nSPS) is 16.4. The Morgan fingerprint density at radius 2 is 1.84 bits per heavy atom. The number of halogens is 1. The number of amides is 3. The van der Waals surface area contributed by atoms with Crippen LogP contribution >= 0.6 is 0 Å². The van der Waals surface area contributed by atoms with Crippen molar-refractivity contribution in [2.24, 2.45) is 5.92 Å². The van der Waals surface area contributed by atoms with Gasteiger partial charge < -0.3 is 20.0 Å². The van der Waals surface area contributed by atoms with Crippen LogP contribution in [0.3, 0.4) is 0 Å². The molecule has 2 aromatic rings. The van der Waals surface area contributed by atoms with E-state index in [9.17, 15) is 18.8 Å². The Bertz CT molecular complexity index is 907. The SMILES string of the molecule is CC[C@H](C)NC(=O)[C@H](NC(=O)c1ccccc1F)C1CCN(C(=O)c2ccco2)CC1. The minimum atomic E-state index is -0.818. The quantitative estimate of drug-likeness (QED) is 0.708.